The van der Waals surface area contributed by atoms with E-state index in [2.05, 4.69) is 0 Å². The van der Waals surface area contributed by atoms with Gasteiger partial charge in [0.25, 0.3) is 11.7 Å². The van der Waals surface area contributed by atoms with Crippen LogP contribution in [0.15, 0.2) is 48.1 Å². The number of ketones is 3. The predicted octanol–water partition coefficient (Wildman–Crippen LogP) is 6.11. The van der Waals surface area contributed by atoms with Crippen LogP contribution >= 0.6 is 0 Å². The van der Waals surface area contributed by atoms with Crippen molar-refractivity contribution in [3.63, 3.8) is 0 Å². The summed E-state index contributed by atoms with van der Waals surface area (Å²) in [5, 5.41) is 43.3. The van der Waals surface area contributed by atoms with Crippen molar-refractivity contribution >= 4 is 35.2 Å². The number of ether oxygens (including phenoxy) is 6. The van der Waals surface area contributed by atoms with Crippen molar-refractivity contribution in [3.8, 4) is 0 Å². The van der Waals surface area contributed by atoms with Crippen molar-refractivity contribution in [1.82, 2.24) is 4.90 Å². The lowest BCUT2D eigenvalue weighted by Gasteiger charge is -2.42. The predicted molar refractivity (Wildman–Crippen MR) is 276 cm³/mol. The molecule has 4 rings (SSSR count). The van der Waals surface area contributed by atoms with Crippen molar-refractivity contribution in [3.05, 3.63) is 48.1 Å². The molecule has 3 fully saturated rings. The van der Waals surface area contributed by atoms with Crippen LogP contribution in [-0.4, -0.2) is 156 Å². The van der Waals surface area contributed by atoms with Crippen LogP contribution in [0.3, 0.4) is 0 Å². The topological polar surface area (TPSA) is 242 Å². The molecule has 17 nitrogen and oxygen atoms in total. The zero-order chi connectivity index (χ0) is 55.1. The van der Waals surface area contributed by atoms with Gasteiger partial charge in [0.2, 0.25) is 5.79 Å². The van der Waals surface area contributed by atoms with Crippen LogP contribution in [0.2, 0.25) is 0 Å². The molecule has 2 bridgehead atoms. The summed E-state index contributed by atoms with van der Waals surface area (Å²) < 4.78 is 35.5. The van der Waals surface area contributed by atoms with Gasteiger partial charge < -0.3 is 53.7 Å². The van der Waals surface area contributed by atoms with Crippen LogP contribution in [0.4, 0.5) is 0 Å². The number of fused-ring (bicyclic) bond motifs is 3. The minimum absolute atomic E-state index is 0.00950. The number of aliphatic hydroxyl groups excluding tert-OH is 3. The summed E-state index contributed by atoms with van der Waals surface area (Å²) in [6.07, 6.45) is 11.7. The first kappa shape index (κ1) is 62.6. The summed E-state index contributed by atoms with van der Waals surface area (Å²) in [7, 11) is 4.42. The standard InChI is InChI=1S/C57H89NO16/c1-12-55(7)32-38(5)49(63)50(71-11)48(62)37(4)27-35(2)19-15-13-14-16-20-41(69-9)30-42-24-22-39(6)57(68,74-42)51(64)52(65)58-26-18-17-21-43(58)53(66)72-45(31-47(55)61)36(3)28-40-23-25-44(46(29-40)70-10)73-54(67)56(8,33-59)34-60/h13-16,19-20,32,35-37,39-46,49-50,59-60,63,68H,12,17-18,21-31,33-34H2,1-11H3/b14-13+,19-15+,20-16+,38-32+/t35-,36-,37-,39-,40+,41?,42+,43+,44-,45?,46-,49-,50?,55-,57-/m1/s1. The van der Waals surface area contributed by atoms with Crippen LogP contribution in [0.5, 0.6) is 0 Å². The lowest BCUT2D eigenvalue weighted by molar-refractivity contribution is -0.265. The van der Waals surface area contributed by atoms with Gasteiger partial charge in [0.1, 0.15) is 41.7 Å². The second kappa shape index (κ2) is 28.4. The van der Waals surface area contributed by atoms with Crippen molar-refractivity contribution < 1.29 is 77.6 Å². The average Bonchev–Trinajstić information content (AvgIpc) is 3.39. The molecule has 0 aromatic rings. The van der Waals surface area contributed by atoms with Crippen LogP contribution in [0, 0.1) is 40.4 Å². The molecule has 3 aliphatic heterocycles. The molecule has 1 aliphatic carbocycles. The Labute approximate surface area is 439 Å². The zero-order valence-corrected chi connectivity index (χ0v) is 46.0. The first-order valence-corrected chi connectivity index (χ1v) is 26.9. The van der Waals surface area contributed by atoms with Crippen LogP contribution < -0.4 is 0 Å². The Morgan fingerprint density at radius 3 is 2.18 bits per heavy atom. The lowest BCUT2D eigenvalue weighted by atomic mass is 9.75. The van der Waals surface area contributed by atoms with Gasteiger partial charge >= 0.3 is 11.9 Å². The molecule has 74 heavy (non-hydrogen) atoms. The number of carbonyl (C=O) groups excluding carboxylic acids is 6. The molecular formula is C57H89NO16. The van der Waals surface area contributed by atoms with E-state index in [1.807, 2.05) is 57.2 Å². The van der Waals surface area contributed by atoms with Gasteiger partial charge in [-0.25, -0.2) is 4.79 Å². The van der Waals surface area contributed by atoms with Crippen LogP contribution in [-0.2, 0) is 57.2 Å². The molecule has 0 spiro atoms. The average molecular weight is 1040 g/mol. The number of Topliss-reactive ketones (excluding diaryl/α,β-unsaturated/α-hetero) is 3. The molecule has 3 heterocycles. The number of nitrogens with zero attached hydrogens (tertiary/aromatic N) is 1. The fraction of sp³-hybridized carbons (Fsp3) is 0.754. The maximum atomic E-state index is 14.8. The summed E-state index contributed by atoms with van der Waals surface area (Å²) in [5.74, 6) is -8.57. The molecule has 15 atom stereocenters. The Balaban J connectivity index is 1.73. The molecule has 4 N–H and O–H groups in total. The maximum Gasteiger partial charge on any atom is 0.329 e. The molecule has 1 saturated carbocycles. The van der Waals surface area contributed by atoms with E-state index in [-0.39, 0.29) is 55.6 Å². The zero-order valence-electron chi connectivity index (χ0n) is 46.0. The second-order valence-electron chi connectivity index (χ2n) is 22.3. The molecule has 418 valence electrons. The Kier molecular flexibility index (Phi) is 24.1. The van der Waals surface area contributed by atoms with E-state index in [9.17, 15) is 49.2 Å². The molecule has 3 unspecified atom stereocenters. The van der Waals surface area contributed by atoms with Crippen LogP contribution in [0.25, 0.3) is 0 Å². The largest absolute Gasteiger partial charge is 0.460 e. The third-order valence-corrected chi connectivity index (χ3v) is 16.4. The molecule has 0 aromatic heterocycles. The van der Waals surface area contributed by atoms with Crippen molar-refractivity contribution in [2.45, 2.75) is 193 Å². The van der Waals surface area contributed by atoms with E-state index in [4.69, 9.17) is 28.4 Å². The summed E-state index contributed by atoms with van der Waals surface area (Å²) in [4.78, 5) is 86.2. The molecule has 0 aromatic carbocycles. The minimum Gasteiger partial charge on any atom is -0.460 e. The number of piperidine rings is 1. The summed E-state index contributed by atoms with van der Waals surface area (Å²) in [6.45, 7) is 12.8. The van der Waals surface area contributed by atoms with E-state index in [1.165, 1.54) is 21.1 Å². The first-order chi connectivity index (χ1) is 34.9. The van der Waals surface area contributed by atoms with E-state index in [1.54, 1.807) is 40.9 Å². The molecule has 4 aliphatic rings. The number of aliphatic hydroxyl groups is 4. The molecular weight excluding hydrogens is 955 g/mol. The SMILES string of the molecule is CC[C@]1(C)/C=C(\C)[C@@H](O)C(OC)C(=O)[C@H](C)C[C@H](C)/C=C/C=C/C=C/C(OC)C[C@@H]2CC[C@@H](C)[C@@](O)(O2)C(=O)C(=O)N2CCCC[C@H]2C(=O)OC([C@H](C)C[C@@H]2CC[C@@H](OC(=O)C(C)(CO)CO)[C@H](OC)C2)CC1=O. The number of carbonyl (C=O) groups is 6. The Morgan fingerprint density at radius 2 is 1.55 bits per heavy atom. The van der Waals surface area contributed by atoms with Crippen molar-refractivity contribution in [1.29, 1.82) is 0 Å². The highest BCUT2D eigenvalue weighted by atomic mass is 16.6. The molecule has 0 radical (unpaired) electrons. The molecule has 1 amide bonds. The third-order valence-electron chi connectivity index (χ3n) is 16.4. The Bertz CT molecular complexity index is 2030. The Morgan fingerprint density at radius 1 is 0.878 bits per heavy atom. The lowest BCUT2D eigenvalue weighted by Crippen LogP contribution is -2.61. The fourth-order valence-electron chi connectivity index (χ4n) is 10.8. The Hall–Kier alpha value is -3.94. The number of hydrogen-bond donors (Lipinski definition) is 4. The molecule has 17 heteroatoms. The highest BCUT2D eigenvalue weighted by Gasteiger charge is 2.53. The highest BCUT2D eigenvalue weighted by Crippen LogP contribution is 2.39. The number of cyclic esters (lactones) is 1. The van der Waals surface area contributed by atoms with Gasteiger partial charge in [0, 0.05) is 58.0 Å². The number of amides is 1. The van der Waals surface area contributed by atoms with Gasteiger partial charge in [-0.3, -0.25) is 24.0 Å². The number of hydrogen-bond acceptors (Lipinski definition) is 16. The number of rotatable bonds is 11. The number of methoxy groups -OCH3 is 3. The van der Waals surface area contributed by atoms with Gasteiger partial charge in [-0.15, -0.1) is 0 Å². The number of allylic oxidation sites excluding steroid dienone is 6. The monoisotopic (exact) mass is 1040 g/mol. The third kappa shape index (κ3) is 15.8. The fourth-order valence-corrected chi connectivity index (χ4v) is 10.8. The quantitative estimate of drug-likeness (QED) is 0.104. The van der Waals surface area contributed by atoms with Gasteiger partial charge in [0.05, 0.1) is 31.5 Å². The van der Waals surface area contributed by atoms with Crippen LogP contribution in [0.1, 0.15) is 139 Å². The minimum atomic E-state index is -2.47. The highest BCUT2D eigenvalue weighted by molar-refractivity contribution is 6.39. The van der Waals surface area contributed by atoms with Gasteiger partial charge in [-0.2, -0.15) is 0 Å². The van der Waals surface area contributed by atoms with Crippen molar-refractivity contribution in [2.24, 2.45) is 40.4 Å². The van der Waals surface area contributed by atoms with Gasteiger partial charge in [-0.05, 0) is 115 Å². The first-order valence-electron chi connectivity index (χ1n) is 26.9. The van der Waals surface area contributed by atoms with Crippen molar-refractivity contribution in [2.75, 3.05) is 41.1 Å². The summed E-state index contributed by atoms with van der Waals surface area (Å²) >= 11 is 0. The summed E-state index contributed by atoms with van der Waals surface area (Å²) in [5.41, 5.74) is -2.34. The number of esters is 2. The second-order valence-corrected chi connectivity index (χ2v) is 22.3. The van der Waals surface area contributed by atoms with E-state index in [0.29, 0.717) is 63.4 Å². The summed E-state index contributed by atoms with van der Waals surface area (Å²) in [6, 6.07) is -1.21. The van der Waals surface area contributed by atoms with E-state index >= 15 is 0 Å². The normalized spacial score (nSPS) is 37.7. The maximum absolute atomic E-state index is 14.8. The molecule has 2 saturated heterocycles. The van der Waals surface area contributed by atoms with Gasteiger partial charge in [0.15, 0.2) is 5.78 Å². The smallest absolute Gasteiger partial charge is 0.329 e. The van der Waals surface area contributed by atoms with E-state index in [0.717, 1.165) is 4.90 Å². The van der Waals surface area contributed by atoms with Gasteiger partial charge in [-0.1, -0.05) is 77.2 Å². The van der Waals surface area contributed by atoms with E-state index < -0.39 is 120 Å².